The molecule has 1 aromatic carbocycles. The predicted molar refractivity (Wildman–Crippen MR) is 85.6 cm³/mol. The van der Waals surface area contributed by atoms with E-state index in [0.29, 0.717) is 6.54 Å². The minimum atomic E-state index is -4.67. The molecular formula is C11H21N3O6S2. The van der Waals surface area contributed by atoms with E-state index in [4.69, 9.17) is 23.3 Å². The molecule has 0 saturated heterocycles. The largest absolute Gasteiger partial charge is 0.399 e. The van der Waals surface area contributed by atoms with Crippen molar-refractivity contribution < 1.29 is 25.9 Å². The molecule has 22 heavy (non-hydrogen) atoms. The van der Waals surface area contributed by atoms with Crippen LogP contribution < -0.4 is 15.4 Å². The fourth-order valence-corrected chi connectivity index (χ4v) is 1.83. The number of aryl methyl sites for hydroxylation is 1. The molecule has 0 bridgehead atoms. The first-order valence-electron chi connectivity index (χ1n) is 6.09. The molecule has 0 radical (unpaired) electrons. The quantitative estimate of drug-likeness (QED) is 0.333. The summed E-state index contributed by atoms with van der Waals surface area (Å²) < 4.78 is 56.1. The summed E-state index contributed by atoms with van der Waals surface area (Å²) in [6.45, 7) is 4.87. The standard InChI is InChI=1S/C11H19N3O2S.H2O4S/c1-4-14(8-13-17(3,15)16)10-5-6-11(12)9(2)7-10;1-5(2,3)4/h5-7,13H,4,8,12H2,1-3H3;(H2,1,2,3,4). The van der Waals surface area contributed by atoms with Gasteiger partial charge in [0.05, 0.1) is 12.9 Å². The second-order valence-corrected chi connectivity index (χ2v) is 7.15. The van der Waals surface area contributed by atoms with Crippen molar-refractivity contribution in [1.29, 1.82) is 0 Å². The summed E-state index contributed by atoms with van der Waals surface area (Å²) in [4.78, 5) is 1.92. The SMILES string of the molecule is CCN(CNS(C)(=O)=O)c1ccc(N)c(C)c1.O=S(=O)(O)O. The number of benzene rings is 1. The highest BCUT2D eigenvalue weighted by molar-refractivity contribution is 7.88. The number of sulfonamides is 1. The summed E-state index contributed by atoms with van der Waals surface area (Å²) in [7, 11) is -7.84. The topological polar surface area (TPSA) is 150 Å². The fraction of sp³-hybridized carbons (Fsp3) is 0.455. The smallest absolute Gasteiger partial charge is 0.394 e. The second kappa shape index (κ2) is 8.29. The van der Waals surface area contributed by atoms with E-state index in [9.17, 15) is 8.42 Å². The first-order valence-corrected chi connectivity index (χ1v) is 9.38. The molecule has 0 fully saturated rings. The van der Waals surface area contributed by atoms with E-state index in [1.807, 2.05) is 36.9 Å². The summed E-state index contributed by atoms with van der Waals surface area (Å²) in [6.07, 6.45) is 1.15. The van der Waals surface area contributed by atoms with Crippen LogP contribution in [0.25, 0.3) is 0 Å². The molecule has 0 saturated carbocycles. The monoisotopic (exact) mass is 355 g/mol. The summed E-state index contributed by atoms with van der Waals surface area (Å²) in [6, 6.07) is 5.66. The maximum atomic E-state index is 11.0. The lowest BCUT2D eigenvalue weighted by molar-refractivity contribution is 0.381. The summed E-state index contributed by atoms with van der Waals surface area (Å²) >= 11 is 0. The van der Waals surface area contributed by atoms with Crippen molar-refractivity contribution in [3.8, 4) is 0 Å². The van der Waals surface area contributed by atoms with Gasteiger partial charge in [0.25, 0.3) is 0 Å². The van der Waals surface area contributed by atoms with Crippen LogP contribution in [-0.2, 0) is 20.4 Å². The Morgan fingerprint density at radius 2 is 1.73 bits per heavy atom. The van der Waals surface area contributed by atoms with Gasteiger partial charge in [-0.15, -0.1) is 0 Å². The molecular weight excluding hydrogens is 334 g/mol. The van der Waals surface area contributed by atoms with Gasteiger partial charge >= 0.3 is 10.4 Å². The number of hydrogen-bond donors (Lipinski definition) is 4. The zero-order chi connectivity index (χ0) is 17.6. The Labute approximate surface area is 130 Å². The Morgan fingerprint density at radius 1 is 1.23 bits per heavy atom. The highest BCUT2D eigenvalue weighted by Gasteiger charge is 2.08. The maximum Gasteiger partial charge on any atom is 0.394 e. The van der Waals surface area contributed by atoms with Crippen molar-refractivity contribution in [2.24, 2.45) is 0 Å². The molecule has 0 atom stereocenters. The minimum Gasteiger partial charge on any atom is -0.399 e. The molecule has 128 valence electrons. The zero-order valence-electron chi connectivity index (χ0n) is 12.5. The van der Waals surface area contributed by atoms with Crippen LogP contribution in [0.3, 0.4) is 0 Å². The lowest BCUT2D eigenvalue weighted by atomic mass is 10.2. The number of nitrogen functional groups attached to an aromatic ring is 1. The van der Waals surface area contributed by atoms with Crippen LogP contribution in [0.2, 0.25) is 0 Å². The maximum absolute atomic E-state index is 11.0. The molecule has 0 aliphatic carbocycles. The van der Waals surface area contributed by atoms with Crippen molar-refractivity contribution in [1.82, 2.24) is 4.72 Å². The third-order valence-corrected chi connectivity index (χ3v) is 3.17. The molecule has 0 aliphatic rings. The Hall–Kier alpha value is -1.40. The first-order chi connectivity index (χ1) is 9.83. The molecule has 0 spiro atoms. The van der Waals surface area contributed by atoms with E-state index >= 15 is 0 Å². The van der Waals surface area contributed by atoms with Crippen molar-refractivity contribution in [3.05, 3.63) is 23.8 Å². The van der Waals surface area contributed by atoms with E-state index < -0.39 is 20.4 Å². The lowest BCUT2D eigenvalue weighted by Gasteiger charge is -2.23. The van der Waals surface area contributed by atoms with Crippen LogP contribution in [0.15, 0.2) is 18.2 Å². The van der Waals surface area contributed by atoms with Gasteiger partial charge in [0, 0.05) is 17.9 Å². The van der Waals surface area contributed by atoms with Gasteiger partial charge in [0.2, 0.25) is 10.0 Å². The van der Waals surface area contributed by atoms with Gasteiger partial charge in [-0.3, -0.25) is 9.11 Å². The van der Waals surface area contributed by atoms with E-state index in [1.54, 1.807) is 0 Å². The molecule has 0 aliphatic heterocycles. The first kappa shape index (κ1) is 20.6. The van der Waals surface area contributed by atoms with Crippen LogP contribution in [-0.4, -0.2) is 45.4 Å². The summed E-state index contributed by atoms with van der Waals surface area (Å²) in [5.41, 5.74) is 8.42. The molecule has 1 rings (SSSR count). The molecule has 1 aromatic rings. The van der Waals surface area contributed by atoms with Crippen molar-refractivity contribution in [3.63, 3.8) is 0 Å². The van der Waals surface area contributed by atoms with Crippen LogP contribution in [0, 0.1) is 6.92 Å². The number of anilines is 2. The van der Waals surface area contributed by atoms with Gasteiger partial charge in [-0.25, -0.2) is 8.42 Å². The lowest BCUT2D eigenvalue weighted by Crippen LogP contribution is -2.37. The third-order valence-electron chi connectivity index (χ3n) is 2.52. The average Bonchev–Trinajstić information content (AvgIpc) is 2.31. The molecule has 9 nitrogen and oxygen atoms in total. The number of nitrogens with two attached hydrogens (primary N) is 1. The van der Waals surface area contributed by atoms with Crippen LogP contribution in [0.4, 0.5) is 11.4 Å². The van der Waals surface area contributed by atoms with E-state index in [2.05, 4.69) is 4.72 Å². The highest BCUT2D eigenvalue weighted by atomic mass is 32.3. The van der Waals surface area contributed by atoms with E-state index in [0.717, 1.165) is 23.2 Å². The summed E-state index contributed by atoms with van der Waals surface area (Å²) in [5, 5.41) is 0. The van der Waals surface area contributed by atoms with Gasteiger partial charge in [0.15, 0.2) is 0 Å². The van der Waals surface area contributed by atoms with Gasteiger partial charge in [-0.1, -0.05) is 0 Å². The van der Waals surface area contributed by atoms with Gasteiger partial charge in [0.1, 0.15) is 0 Å². The number of hydrogen-bond acceptors (Lipinski definition) is 6. The minimum absolute atomic E-state index is 0.263. The molecule has 11 heteroatoms. The van der Waals surface area contributed by atoms with Gasteiger partial charge in [-0.2, -0.15) is 13.1 Å². The third kappa shape index (κ3) is 10.3. The zero-order valence-corrected chi connectivity index (χ0v) is 14.1. The highest BCUT2D eigenvalue weighted by Crippen LogP contribution is 2.19. The van der Waals surface area contributed by atoms with Crippen molar-refractivity contribution in [2.75, 3.05) is 30.1 Å². The van der Waals surface area contributed by atoms with Crippen LogP contribution in [0.1, 0.15) is 12.5 Å². The number of rotatable bonds is 5. The van der Waals surface area contributed by atoms with Crippen LogP contribution >= 0.6 is 0 Å². The van der Waals surface area contributed by atoms with Crippen molar-refractivity contribution >= 4 is 31.8 Å². The number of nitrogens with zero attached hydrogens (tertiary/aromatic N) is 1. The predicted octanol–water partition coefficient (Wildman–Crippen LogP) is 0.257. The average molecular weight is 355 g/mol. The molecule has 0 heterocycles. The Balaban J connectivity index is 0.000000763. The Morgan fingerprint density at radius 3 is 2.09 bits per heavy atom. The fourth-order valence-electron chi connectivity index (χ4n) is 1.44. The number of nitrogens with one attached hydrogen (secondary N) is 1. The normalized spacial score (nSPS) is 11.5. The molecule has 0 aromatic heterocycles. The van der Waals surface area contributed by atoms with E-state index in [-0.39, 0.29) is 6.67 Å². The Bertz CT molecular complexity index is 680. The molecule has 0 amide bonds. The van der Waals surface area contributed by atoms with Gasteiger partial charge < -0.3 is 10.6 Å². The molecule has 0 unspecified atom stereocenters. The molecule has 5 N–H and O–H groups in total. The van der Waals surface area contributed by atoms with Crippen molar-refractivity contribution in [2.45, 2.75) is 13.8 Å². The van der Waals surface area contributed by atoms with Crippen LogP contribution in [0.5, 0.6) is 0 Å². The Kier molecular flexibility index (Phi) is 7.76. The second-order valence-electron chi connectivity index (χ2n) is 4.42. The summed E-state index contributed by atoms with van der Waals surface area (Å²) in [5.74, 6) is 0. The van der Waals surface area contributed by atoms with Gasteiger partial charge in [-0.05, 0) is 37.6 Å². The van der Waals surface area contributed by atoms with E-state index in [1.165, 1.54) is 0 Å².